The molecule has 0 radical (unpaired) electrons. The zero-order valence-corrected chi connectivity index (χ0v) is 10.5. The first-order valence-electron chi connectivity index (χ1n) is 5.24. The number of hydrogen-bond donors (Lipinski definition) is 1. The van der Waals surface area contributed by atoms with Crippen molar-refractivity contribution in [1.82, 2.24) is 0 Å². The number of nitrogens with two attached hydrogens (primary N) is 1. The fourth-order valence-corrected chi connectivity index (χ4v) is 1.80. The Balaban J connectivity index is 2.31. The summed E-state index contributed by atoms with van der Waals surface area (Å²) in [6.07, 6.45) is -1.27. The van der Waals surface area contributed by atoms with Crippen molar-refractivity contribution in [3.63, 3.8) is 0 Å². The lowest BCUT2D eigenvalue weighted by atomic mass is 10.1. The van der Waals surface area contributed by atoms with Crippen LogP contribution in [0, 0.1) is 5.82 Å². The maximum absolute atomic E-state index is 13.7. The lowest BCUT2D eigenvalue weighted by Gasteiger charge is -2.10. The van der Waals surface area contributed by atoms with Gasteiger partial charge in [0, 0.05) is 17.5 Å². The van der Waals surface area contributed by atoms with E-state index in [1.54, 1.807) is 0 Å². The molecular formula is C12H9ClFNO4. The molecule has 1 aromatic rings. The monoisotopic (exact) mass is 285 g/mol. The number of benzene rings is 1. The third kappa shape index (κ3) is 2.53. The third-order valence-electron chi connectivity index (χ3n) is 2.42. The van der Waals surface area contributed by atoms with Crippen LogP contribution in [0.15, 0.2) is 29.8 Å². The molecule has 1 heterocycles. The Morgan fingerprint density at radius 2 is 2.21 bits per heavy atom. The van der Waals surface area contributed by atoms with Crippen LogP contribution < -0.4 is 5.73 Å². The van der Waals surface area contributed by atoms with E-state index in [1.807, 2.05) is 0 Å². The van der Waals surface area contributed by atoms with E-state index in [2.05, 4.69) is 4.74 Å². The Hall–Kier alpha value is -2.08. The first kappa shape index (κ1) is 13.4. The van der Waals surface area contributed by atoms with Gasteiger partial charge in [-0.2, -0.15) is 0 Å². The number of carbonyl (C=O) groups excluding carboxylic acids is 2. The van der Waals surface area contributed by atoms with Crippen LogP contribution >= 0.6 is 11.6 Å². The molecule has 100 valence electrons. The molecule has 5 nitrogen and oxygen atoms in total. The third-order valence-corrected chi connectivity index (χ3v) is 2.66. The number of ketones is 1. The standard InChI is InChI=1S/C12H9ClFNO4/c1-5(16)18-11-9(17)10(19-12(11)15)7-3-2-6(13)4-8(7)14/h2-4,10H,15H2,1H3. The zero-order chi connectivity index (χ0) is 14.2. The summed E-state index contributed by atoms with van der Waals surface area (Å²) in [5, 5.41) is 0.188. The summed E-state index contributed by atoms with van der Waals surface area (Å²) in [7, 11) is 0. The van der Waals surface area contributed by atoms with Crippen molar-refractivity contribution in [3.05, 3.63) is 46.2 Å². The quantitative estimate of drug-likeness (QED) is 0.839. The molecule has 0 aromatic heterocycles. The molecule has 1 unspecified atom stereocenters. The highest BCUT2D eigenvalue weighted by Gasteiger charge is 2.39. The van der Waals surface area contributed by atoms with Gasteiger partial charge in [-0.25, -0.2) is 4.39 Å². The molecule has 0 fully saturated rings. The van der Waals surface area contributed by atoms with E-state index in [1.165, 1.54) is 12.1 Å². The first-order valence-corrected chi connectivity index (χ1v) is 5.62. The van der Waals surface area contributed by atoms with Crippen molar-refractivity contribution in [3.8, 4) is 0 Å². The molecule has 19 heavy (non-hydrogen) atoms. The van der Waals surface area contributed by atoms with Crippen LogP contribution in [-0.2, 0) is 19.1 Å². The number of rotatable bonds is 2. The number of hydrogen-bond acceptors (Lipinski definition) is 5. The second-order valence-corrected chi connectivity index (χ2v) is 4.25. The Bertz CT molecular complexity index is 599. The van der Waals surface area contributed by atoms with Gasteiger partial charge in [-0.1, -0.05) is 17.7 Å². The number of esters is 1. The van der Waals surface area contributed by atoms with Gasteiger partial charge in [-0.3, -0.25) is 9.59 Å². The summed E-state index contributed by atoms with van der Waals surface area (Å²) >= 11 is 5.62. The topological polar surface area (TPSA) is 78.6 Å². The van der Waals surface area contributed by atoms with Crippen LogP contribution in [-0.4, -0.2) is 11.8 Å². The Morgan fingerprint density at radius 1 is 1.53 bits per heavy atom. The average Bonchev–Trinajstić information content (AvgIpc) is 2.57. The summed E-state index contributed by atoms with van der Waals surface area (Å²) < 4.78 is 23.4. The van der Waals surface area contributed by atoms with E-state index in [0.29, 0.717) is 0 Å². The Kier molecular flexibility index (Phi) is 3.44. The lowest BCUT2D eigenvalue weighted by molar-refractivity contribution is -0.140. The molecule has 7 heteroatoms. The van der Waals surface area contributed by atoms with Crippen LogP contribution in [0.5, 0.6) is 0 Å². The fourth-order valence-electron chi connectivity index (χ4n) is 1.64. The van der Waals surface area contributed by atoms with Crippen molar-refractivity contribution in [2.75, 3.05) is 0 Å². The summed E-state index contributed by atoms with van der Waals surface area (Å²) in [6.45, 7) is 1.11. The molecule has 0 aliphatic carbocycles. The van der Waals surface area contributed by atoms with Crippen LogP contribution in [0.1, 0.15) is 18.6 Å². The minimum atomic E-state index is -1.27. The molecule has 2 rings (SSSR count). The van der Waals surface area contributed by atoms with Gasteiger partial charge in [-0.15, -0.1) is 0 Å². The molecule has 0 saturated heterocycles. The minimum Gasteiger partial charge on any atom is -0.460 e. The van der Waals surface area contributed by atoms with E-state index in [0.717, 1.165) is 13.0 Å². The Labute approximate surface area is 112 Å². The summed E-state index contributed by atoms with van der Waals surface area (Å²) in [5.41, 5.74) is 5.41. The van der Waals surface area contributed by atoms with Gasteiger partial charge >= 0.3 is 5.97 Å². The van der Waals surface area contributed by atoms with Crippen LogP contribution in [0.25, 0.3) is 0 Å². The normalized spacial score (nSPS) is 18.5. The maximum Gasteiger partial charge on any atom is 0.308 e. The van der Waals surface area contributed by atoms with Crippen molar-refractivity contribution in [2.45, 2.75) is 13.0 Å². The van der Waals surface area contributed by atoms with Gasteiger partial charge < -0.3 is 15.2 Å². The lowest BCUT2D eigenvalue weighted by Crippen LogP contribution is -2.14. The molecule has 1 atom stereocenters. The van der Waals surface area contributed by atoms with E-state index in [9.17, 15) is 14.0 Å². The predicted molar refractivity (Wildman–Crippen MR) is 63.2 cm³/mol. The smallest absolute Gasteiger partial charge is 0.308 e. The SMILES string of the molecule is CC(=O)OC1=C(N)OC(c2ccc(Cl)cc2F)C1=O. The van der Waals surface area contributed by atoms with Gasteiger partial charge in [-0.05, 0) is 12.1 Å². The number of carbonyl (C=O) groups is 2. The van der Waals surface area contributed by atoms with Crippen molar-refractivity contribution in [2.24, 2.45) is 5.73 Å². The van der Waals surface area contributed by atoms with Crippen molar-refractivity contribution >= 4 is 23.4 Å². The van der Waals surface area contributed by atoms with Gasteiger partial charge in [0.15, 0.2) is 6.10 Å². The number of Topliss-reactive ketones (excluding diaryl/α,β-unsaturated/α-hetero) is 1. The Morgan fingerprint density at radius 3 is 2.79 bits per heavy atom. The number of halogens is 2. The van der Waals surface area contributed by atoms with Crippen molar-refractivity contribution < 1.29 is 23.5 Å². The van der Waals surface area contributed by atoms with Crippen LogP contribution in [0.4, 0.5) is 4.39 Å². The highest BCUT2D eigenvalue weighted by molar-refractivity contribution is 6.30. The highest BCUT2D eigenvalue weighted by Crippen LogP contribution is 2.33. The van der Waals surface area contributed by atoms with E-state index in [-0.39, 0.29) is 16.5 Å². The van der Waals surface area contributed by atoms with Crippen LogP contribution in [0.3, 0.4) is 0 Å². The van der Waals surface area contributed by atoms with E-state index < -0.39 is 29.4 Å². The molecule has 1 aromatic carbocycles. The highest BCUT2D eigenvalue weighted by atomic mass is 35.5. The van der Waals surface area contributed by atoms with Crippen molar-refractivity contribution in [1.29, 1.82) is 0 Å². The summed E-state index contributed by atoms with van der Waals surface area (Å²) in [6, 6.07) is 3.77. The number of ether oxygens (including phenoxy) is 2. The molecule has 0 spiro atoms. The molecule has 1 aliphatic heterocycles. The predicted octanol–water partition coefficient (Wildman–Crippen LogP) is 1.81. The van der Waals surface area contributed by atoms with Gasteiger partial charge in [0.1, 0.15) is 5.82 Å². The fraction of sp³-hybridized carbons (Fsp3) is 0.167. The van der Waals surface area contributed by atoms with Gasteiger partial charge in [0.25, 0.3) is 0 Å². The molecule has 0 saturated carbocycles. The van der Waals surface area contributed by atoms with Gasteiger partial charge in [0.2, 0.25) is 17.4 Å². The largest absolute Gasteiger partial charge is 0.460 e. The minimum absolute atomic E-state index is 0.0282. The molecule has 2 N–H and O–H groups in total. The molecule has 1 aliphatic rings. The van der Waals surface area contributed by atoms with E-state index >= 15 is 0 Å². The average molecular weight is 286 g/mol. The van der Waals surface area contributed by atoms with Crippen LogP contribution in [0.2, 0.25) is 5.02 Å². The van der Waals surface area contributed by atoms with Gasteiger partial charge in [0.05, 0.1) is 0 Å². The second kappa shape index (κ2) is 4.89. The van der Waals surface area contributed by atoms with E-state index in [4.69, 9.17) is 22.1 Å². The molecular weight excluding hydrogens is 277 g/mol. The summed E-state index contributed by atoms with van der Waals surface area (Å²) in [4.78, 5) is 22.8. The first-order chi connectivity index (χ1) is 8.90. The zero-order valence-electron chi connectivity index (χ0n) is 9.78. The molecule has 0 amide bonds. The molecule has 0 bridgehead atoms. The summed E-state index contributed by atoms with van der Waals surface area (Å²) in [5.74, 6) is -2.89. The second-order valence-electron chi connectivity index (χ2n) is 3.81. The maximum atomic E-state index is 13.7.